The van der Waals surface area contributed by atoms with Crippen LogP contribution in [0, 0.1) is 6.92 Å². The third-order valence-corrected chi connectivity index (χ3v) is 6.38. The number of anilines is 1. The topological polar surface area (TPSA) is 65.4 Å². The lowest BCUT2D eigenvalue weighted by atomic mass is 10.0. The van der Waals surface area contributed by atoms with Crippen molar-refractivity contribution in [3.8, 4) is 17.2 Å². The molecule has 1 atom stereocenters. The van der Waals surface area contributed by atoms with Gasteiger partial charge in [0.1, 0.15) is 5.82 Å². The highest BCUT2D eigenvalue weighted by Gasteiger charge is 2.33. The van der Waals surface area contributed by atoms with Crippen LogP contribution in [0.2, 0.25) is 5.02 Å². The third-order valence-electron chi connectivity index (χ3n) is 4.80. The zero-order valence-electron chi connectivity index (χ0n) is 16.2. The molecule has 1 aliphatic heterocycles. The van der Waals surface area contributed by atoms with Gasteiger partial charge in [-0.05, 0) is 25.1 Å². The summed E-state index contributed by atoms with van der Waals surface area (Å²) in [5.41, 5.74) is 3.37. The number of nitrogens with zero attached hydrogens (tertiary/aromatic N) is 2. The van der Waals surface area contributed by atoms with Crippen molar-refractivity contribution >= 4 is 35.1 Å². The number of carbonyl (C=O) groups is 1. The van der Waals surface area contributed by atoms with Crippen LogP contribution >= 0.6 is 23.4 Å². The number of ether oxygens (including phenoxy) is 2. The molecule has 1 aliphatic rings. The first-order valence-corrected chi connectivity index (χ1v) is 10.4. The van der Waals surface area contributed by atoms with Crippen LogP contribution in [0.25, 0.3) is 5.69 Å². The average molecular weight is 430 g/mol. The highest BCUT2D eigenvalue weighted by Crippen LogP contribution is 2.48. The monoisotopic (exact) mass is 429 g/mol. The van der Waals surface area contributed by atoms with Crippen LogP contribution in [-0.4, -0.2) is 35.7 Å². The maximum atomic E-state index is 12.5. The number of amides is 1. The number of thioether (sulfide) groups is 1. The van der Waals surface area contributed by atoms with Gasteiger partial charge in [0.05, 0.1) is 41.6 Å². The highest BCUT2D eigenvalue weighted by atomic mass is 35.5. The van der Waals surface area contributed by atoms with E-state index in [4.69, 9.17) is 26.2 Å². The van der Waals surface area contributed by atoms with E-state index in [2.05, 4.69) is 5.32 Å². The minimum Gasteiger partial charge on any atom is -0.493 e. The Balaban J connectivity index is 1.94. The Kier molecular flexibility index (Phi) is 5.43. The van der Waals surface area contributed by atoms with Gasteiger partial charge in [0.15, 0.2) is 11.5 Å². The second-order valence-electron chi connectivity index (χ2n) is 6.53. The fourth-order valence-corrected chi connectivity index (χ4v) is 4.97. The van der Waals surface area contributed by atoms with Crippen LogP contribution in [0.4, 0.5) is 5.82 Å². The molecule has 1 aromatic heterocycles. The number of aromatic nitrogens is 2. The molecule has 150 valence electrons. The number of carbonyl (C=O) groups excluding carboxylic acids is 1. The van der Waals surface area contributed by atoms with Crippen LogP contribution < -0.4 is 14.8 Å². The van der Waals surface area contributed by atoms with Gasteiger partial charge < -0.3 is 14.8 Å². The van der Waals surface area contributed by atoms with Gasteiger partial charge in [0.25, 0.3) is 0 Å². The predicted molar refractivity (Wildman–Crippen MR) is 116 cm³/mol. The van der Waals surface area contributed by atoms with Crippen LogP contribution in [-0.2, 0) is 4.79 Å². The second kappa shape index (κ2) is 8.00. The van der Waals surface area contributed by atoms with E-state index in [1.54, 1.807) is 25.0 Å². The summed E-state index contributed by atoms with van der Waals surface area (Å²) >= 11 is 7.94. The maximum Gasteiger partial charge on any atom is 0.235 e. The highest BCUT2D eigenvalue weighted by molar-refractivity contribution is 8.00. The van der Waals surface area contributed by atoms with Gasteiger partial charge in [-0.2, -0.15) is 5.10 Å². The zero-order valence-corrected chi connectivity index (χ0v) is 17.8. The van der Waals surface area contributed by atoms with E-state index in [9.17, 15) is 4.79 Å². The fourth-order valence-electron chi connectivity index (χ4n) is 3.55. The summed E-state index contributed by atoms with van der Waals surface area (Å²) in [5.74, 6) is 2.14. The molecule has 3 aromatic rings. The summed E-state index contributed by atoms with van der Waals surface area (Å²) in [4.78, 5) is 12.5. The molecular formula is C21H20ClN3O3S. The van der Waals surface area contributed by atoms with Crippen molar-refractivity contribution in [2.75, 3.05) is 25.3 Å². The number of hydrogen-bond acceptors (Lipinski definition) is 5. The van der Waals surface area contributed by atoms with E-state index in [1.165, 1.54) is 11.8 Å². The summed E-state index contributed by atoms with van der Waals surface area (Å²) in [7, 11) is 3.23. The molecule has 0 saturated carbocycles. The number of hydrogen-bond donors (Lipinski definition) is 1. The van der Waals surface area contributed by atoms with E-state index >= 15 is 0 Å². The zero-order chi connectivity index (χ0) is 20.5. The first kappa shape index (κ1) is 19.7. The van der Waals surface area contributed by atoms with Crippen molar-refractivity contribution in [1.82, 2.24) is 9.78 Å². The quantitative estimate of drug-likeness (QED) is 0.655. The van der Waals surface area contributed by atoms with Crippen molar-refractivity contribution in [3.05, 3.63) is 64.3 Å². The first-order chi connectivity index (χ1) is 14.0. The fraction of sp³-hybridized carbons (Fsp3) is 0.238. The number of aryl methyl sites for hydroxylation is 1. The number of rotatable bonds is 4. The molecule has 0 fully saturated rings. The second-order valence-corrected chi connectivity index (χ2v) is 8.03. The van der Waals surface area contributed by atoms with Gasteiger partial charge in [-0.1, -0.05) is 35.9 Å². The van der Waals surface area contributed by atoms with Crippen molar-refractivity contribution in [2.24, 2.45) is 0 Å². The van der Waals surface area contributed by atoms with Crippen LogP contribution in [0.1, 0.15) is 22.1 Å². The Labute approximate surface area is 178 Å². The van der Waals surface area contributed by atoms with E-state index in [-0.39, 0.29) is 11.2 Å². The molecule has 0 bridgehead atoms. The van der Waals surface area contributed by atoms with Gasteiger partial charge in [-0.25, -0.2) is 4.68 Å². The average Bonchev–Trinajstić information content (AvgIpc) is 2.92. The van der Waals surface area contributed by atoms with Crippen molar-refractivity contribution in [3.63, 3.8) is 0 Å². The van der Waals surface area contributed by atoms with Gasteiger partial charge >= 0.3 is 0 Å². The molecule has 2 heterocycles. The summed E-state index contributed by atoms with van der Waals surface area (Å²) in [6.45, 7) is 1.93. The number of para-hydroxylation sites is 2. The summed E-state index contributed by atoms with van der Waals surface area (Å²) in [5, 5.41) is 8.11. The Morgan fingerprint density at radius 1 is 1.17 bits per heavy atom. The van der Waals surface area contributed by atoms with Gasteiger partial charge in [-0.3, -0.25) is 4.79 Å². The predicted octanol–water partition coefficient (Wildman–Crippen LogP) is 4.63. The molecular weight excluding hydrogens is 410 g/mol. The summed E-state index contributed by atoms with van der Waals surface area (Å²) in [6.07, 6.45) is 0. The van der Waals surface area contributed by atoms with Crippen molar-refractivity contribution < 1.29 is 14.3 Å². The van der Waals surface area contributed by atoms with E-state index < -0.39 is 0 Å². The summed E-state index contributed by atoms with van der Waals surface area (Å²) in [6, 6.07) is 13.2. The van der Waals surface area contributed by atoms with Gasteiger partial charge in [-0.15, -0.1) is 11.8 Å². The van der Waals surface area contributed by atoms with Crippen molar-refractivity contribution in [1.29, 1.82) is 0 Å². The molecule has 29 heavy (non-hydrogen) atoms. The van der Waals surface area contributed by atoms with E-state index in [0.717, 1.165) is 16.8 Å². The standard InChI is InChI=1S/C21H20ClN3O3S/c1-12-18-20(13-7-6-10-16(27-2)19(13)28-3)29-11-17(26)23-21(18)25(24-12)15-9-5-4-8-14(15)22/h4-10,20H,11H2,1-3H3,(H,23,26)/t20-/m1/s1. The molecule has 4 rings (SSSR count). The minimum atomic E-state index is -0.162. The molecule has 8 heteroatoms. The molecule has 0 radical (unpaired) electrons. The Morgan fingerprint density at radius 2 is 1.97 bits per heavy atom. The molecule has 2 aromatic carbocycles. The number of fused-ring (bicyclic) bond motifs is 1. The lowest BCUT2D eigenvalue weighted by Crippen LogP contribution is -2.16. The molecule has 0 unspecified atom stereocenters. The number of benzene rings is 2. The molecule has 0 saturated heterocycles. The minimum absolute atomic E-state index is 0.0891. The largest absolute Gasteiger partial charge is 0.493 e. The van der Waals surface area contributed by atoms with Crippen LogP contribution in [0.15, 0.2) is 42.5 Å². The number of methoxy groups -OCH3 is 2. The Morgan fingerprint density at radius 3 is 2.69 bits per heavy atom. The Bertz CT molecular complexity index is 1080. The van der Waals surface area contributed by atoms with Crippen LogP contribution in [0.3, 0.4) is 0 Å². The van der Waals surface area contributed by atoms with Crippen molar-refractivity contribution in [2.45, 2.75) is 12.2 Å². The summed E-state index contributed by atoms with van der Waals surface area (Å²) < 4.78 is 12.8. The van der Waals surface area contributed by atoms with Gasteiger partial charge in [0, 0.05) is 11.1 Å². The normalized spacial score (nSPS) is 16.0. The van der Waals surface area contributed by atoms with Crippen LogP contribution in [0.5, 0.6) is 11.5 Å². The maximum absolute atomic E-state index is 12.5. The smallest absolute Gasteiger partial charge is 0.235 e. The molecule has 0 spiro atoms. The number of halogens is 1. The van der Waals surface area contributed by atoms with E-state index in [1.807, 2.05) is 43.3 Å². The molecule has 0 aliphatic carbocycles. The lowest BCUT2D eigenvalue weighted by molar-refractivity contribution is -0.113. The number of nitrogens with one attached hydrogen (secondary N) is 1. The molecule has 1 amide bonds. The molecule has 6 nitrogen and oxygen atoms in total. The SMILES string of the molecule is COc1cccc([C@H]2SCC(=O)Nc3c2c(C)nn3-c2ccccc2Cl)c1OC. The lowest BCUT2D eigenvalue weighted by Gasteiger charge is -2.20. The first-order valence-electron chi connectivity index (χ1n) is 9.02. The third kappa shape index (κ3) is 3.45. The molecule has 1 N–H and O–H groups in total. The van der Waals surface area contributed by atoms with E-state index in [0.29, 0.717) is 33.8 Å². The van der Waals surface area contributed by atoms with Gasteiger partial charge in [0.2, 0.25) is 5.91 Å². The Hall–Kier alpha value is -2.64.